The molecule has 0 spiro atoms. The van der Waals surface area contributed by atoms with E-state index >= 15 is 0 Å². The van der Waals surface area contributed by atoms with Gasteiger partial charge in [0.15, 0.2) is 5.96 Å². The summed E-state index contributed by atoms with van der Waals surface area (Å²) in [6, 6.07) is 1.30. The lowest BCUT2D eigenvalue weighted by molar-refractivity contribution is 0.0200. The van der Waals surface area contributed by atoms with Crippen LogP contribution in [0.1, 0.15) is 38.5 Å². The predicted molar refractivity (Wildman–Crippen MR) is 74.4 cm³/mol. The van der Waals surface area contributed by atoms with Crippen LogP contribution >= 0.6 is 0 Å². The summed E-state index contributed by atoms with van der Waals surface area (Å²) in [6.07, 6.45) is 7.75. The molecule has 0 amide bonds. The number of ether oxygens (including phenoxy) is 2. The van der Waals surface area contributed by atoms with Gasteiger partial charge in [-0.1, -0.05) is 0 Å². The first-order chi connectivity index (χ1) is 9.40. The van der Waals surface area contributed by atoms with Gasteiger partial charge in [-0.25, -0.2) is 0 Å². The Balaban J connectivity index is 1.30. The lowest BCUT2D eigenvalue weighted by atomic mass is 10.2. The lowest BCUT2D eigenvalue weighted by Gasteiger charge is -2.12. The second-order valence-electron chi connectivity index (χ2n) is 5.78. The summed E-state index contributed by atoms with van der Waals surface area (Å²) >= 11 is 0. The van der Waals surface area contributed by atoms with Gasteiger partial charge in [-0.15, -0.1) is 0 Å². The van der Waals surface area contributed by atoms with E-state index in [-0.39, 0.29) is 0 Å². The van der Waals surface area contributed by atoms with Gasteiger partial charge < -0.3 is 20.1 Å². The first-order valence-corrected chi connectivity index (χ1v) is 7.67. The summed E-state index contributed by atoms with van der Waals surface area (Å²) < 4.78 is 11.1. The number of hydrogen-bond acceptors (Lipinski definition) is 3. The molecular weight excluding hydrogens is 242 g/mol. The SMILES string of the molecule is C1COC(COCCN=C(NC2CC2)NC2CC2)C1. The zero-order valence-electron chi connectivity index (χ0n) is 11.6. The van der Waals surface area contributed by atoms with Gasteiger partial charge in [-0.3, -0.25) is 4.99 Å². The molecule has 3 fully saturated rings. The largest absolute Gasteiger partial charge is 0.377 e. The van der Waals surface area contributed by atoms with Crippen LogP contribution in [-0.4, -0.2) is 50.5 Å². The van der Waals surface area contributed by atoms with E-state index in [1.54, 1.807) is 0 Å². The molecule has 1 heterocycles. The fourth-order valence-electron chi connectivity index (χ4n) is 2.19. The van der Waals surface area contributed by atoms with Crippen LogP contribution in [0.5, 0.6) is 0 Å². The quantitative estimate of drug-likeness (QED) is 0.411. The Morgan fingerprint density at radius 3 is 2.42 bits per heavy atom. The van der Waals surface area contributed by atoms with Gasteiger partial charge >= 0.3 is 0 Å². The minimum Gasteiger partial charge on any atom is -0.377 e. The summed E-state index contributed by atoms with van der Waals surface area (Å²) in [4.78, 5) is 4.58. The molecule has 0 aromatic rings. The van der Waals surface area contributed by atoms with E-state index in [0.29, 0.717) is 24.8 Å². The van der Waals surface area contributed by atoms with Crippen molar-refractivity contribution in [2.24, 2.45) is 4.99 Å². The fraction of sp³-hybridized carbons (Fsp3) is 0.929. The molecule has 0 aromatic carbocycles. The first kappa shape index (κ1) is 13.2. The highest BCUT2D eigenvalue weighted by molar-refractivity contribution is 5.81. The van der Waals surface area contributed by atoms with E-state index in [9.17, 15) is 0 Å². The molecule has 2 N–H and O–H groups in total. The number of aliphatic imine (C=N–C) groups is 1. The molecule has 0 radical (unpaired) electrons. The summed E-state index contributed by atoms with van der Waals surface area (Å²) in [5, 5.41) is 6.91. The van der Waals surface area contributed by atoms with Crippen LogP contribution in [0.15, 0.2) is 4.99 Å². The van der Waals surface area contributed by atoms with E-state index in [1.807, 2.05) is 0 Å². The molecular formula is C14H25N3O2. The molecule has 3 aliphatic rings. The van der Waals surface area contributed by atoms with Crippen molar-refractivity contribution in [1.82, 2.24) is 10.6 Å². The lowest BCUT2D eigenvalue weighted by Crippen LogP contribution is -2.40. The van der Waals surface area contributed by atoms with Crippen molar-refractivity contribution in [3.63, 3.8) is 0 Å². The average Bonchev–Trinajstić information content (AvgIpc) is 3.33. The Bertz CT molecular complexity index is 292. The number of rotatable bonds is 7. The van der Waals surface area contributed by atoms with Gasteiger partial charge in [-0.2, -0.15) is 0 Å². The first-order valence-electron chi connectivity index (χ1n) is 7.67. The van der Waals surface area contributed by atoms with Crippen molar-refractivity contribution >= 4 is 5.96 Å². The highest BCUT2D eigenvalue weighted by atomic mass is 16.5. The summed E-state index contributed by atoms with van der Waals surface area (Å²) in [5.74, 6) is 0.978. The molecule has 3 rings (SSSR count). The van der Waals surface area contributed by atoms with Crippen molar-refractivity contribution in [1.29, 1.82) is 0 Å². The maximum atomic E-state index is 5.62. The number of nitrogens with zero attached hydrogens (tertiary/aromatic N) is 1. The van der Waals surface area contributed by atoms with Gasteiger partial charge in [-0.05, 0) is 38.5 Å². The highest BCUT2D eigenvalue weighted by Crippen LogP contribution is 2.21. The van der Waals surface area contributed by atoms with Crippen LogP contribution in [0.2, 0.25) is 0 Å². The fourth-order valence-corrected chi connectivity index (χ4v) is 2.19. The minimum atomic E-state index is 0.317. The standard InChI is InChI=1S/C14H25N3O2/c1-2-13(19-8-1)10-18-9-7-15-14(16-11-3-4-11)17-12-5-6-12/h11-13H,1-10H2,(H2,15,16,17). The van der Waals surface area contributed by atoms with Gasteiger partial charge in [0.05, 0.1) is 25.9 Å². The van der Waals surface area contributed by atoms with Crippen LogP contribution in [0, 0.1) is 0 Å². The number of hydrogen-bond donors (Lipinski definition) is 2. The van der Waals surface area contributed by atoms with E-state index in [2.05, 4.69) is 15.6 Å². The van der Waals surface area contributed by atoms with Crippen molar-refractivity contribution in [3.05, 3.63) is 0 Å². The van der Waals surface area contributed by atoms with Crippen LogP contribution in [0.4, 0.5) is 0 Å². The zero-order chi connectivity index (χ0) is 12.9. The van der Waals surface area contributed by atoms with Gasteiger partial charge in [0.1, 0.15) is 0 Å². The van der Waals surface area contributed by atoms with E-state index in [4.69, 9.17) is 9.47 Å². The molecule has 19 heavy (non-hydrogen) atoms. The maximum absolute atomic E-state index is 5.62. The Hall–Kier alpha value is -0.810. The third kappa shape index (κ3) is 4.99. The molecule has 0 bridgehead atoms. The van der Waals surface area contributed by atoms with Gasteiger partial charge in [0.2, 0.25) is 0 Å². The third-order valence-electron chi connectivity index (χ3n) is 3.67. The van der Waals surface area contributed by atoms with Crippen LogP contribution in [0.3, 0.4) is 0 Å². The van der Waals surface area contributed by atoms with Crippen LogP contribution < -0.4 is 10.6 Å². The predicted octanol–water partition coefficient (Wildman–Crippen LogP) is 1.04. The molecule has 1 unspecified atom stereocenters. The molecule has 1 atom stereocenters. The zero-order valence-corrected chi connectivity index (χ0v) is 11.6. The molecule has 0 aromatic heterocycles. The Kier molecular flexibility index (Phi) is 4.56. The normalized spacial score (nSPS) is 26.2. The maximum Gasteiger partial charge on any atom is 0.191 e. The molecule has 108 valence electrons. The smallest absolute Gasteiger partial charge is 0.191 e. The monoisotopic (exact) mass is 267 g/mol. The van der Waals surface area contributed by atoms with E-state index in [1.165, 1.54) is 32.1 Å². The molecule has 2 saturated carbocycles. The van der Waals surface area contributed by atoms with Crippen molar-refractivity contribution in [2.75, 3.05) is 26.4 Å². The molecule has 5 nitrogen and oxygen atoms in total. The second-order valence-corrected chi connectivity index (χ2v) is 5.78. The molecule has 5 heteroatoms. The van der Waals surface area contributed by atoms with Crippen molar-refractivity contribution < 1.29 is 9.47 Å². The summed E-state index contributed by atoms with van der Waals surface area (Å²) in [5.41, 5.74) is 0. The highest BCUT2D eigenvalue weighted by Gasteiger charge is 2.26. The molecule has 1 saturated heterocycles. The van der Waals surface area contributed by atoms with Crippen LogP contribution in [-0.2, 0) is 9.47 Å². The third-order valence-corrected chi connectivity index (χ3v) is 3.67. The van der Waals surface area contributed by atoms with E-state index in [0.717, 1.165) is 32.1 Å². The summed E-state index contributed by atoms with van der Waals surface area (Å²) in [6.45, 7) is 3.02. The Morgan fingerprint density at radius 2 is 1.84 bits per heavy atom. The molecule has 2 aliphatic carbocycles. The van der Waals surface area contributed by atoms with Gasteiger partial charge in [0.25, 0.3) is 0 Å². The van der Waals surface area contributed by atoms with Crippen LogP contribution in [0.25, 0.3) is 0 Å². The Labute approximate surface area is 115 Å². The second kappa shape index (κ2) is 6.57. The van der Waals surface area contributed by atoms with E-state index < -0.39 is 0 Å². The topological polar surface area (TPSA) is 54.9 Å². The van der Waals surface area contributed by atoms with Crippen molar-refractivity contribution in [2.45, 2.75) is 56.7 Å². The van der Waals surface area contributed by atoms with Gasteiger partial charge in [0, 0.05) is 18.7 Å². The average molecular weight is 267 g/mol. The number of guanidine groups is 1. The summed E-state index contributed by atoms with van der Waals surface area (Å²) in [7, 11) is 0. The molecule has 1 aliphatic heterocycles. The number of nitrogens with one attached hydrogen (secondary N) is 2. The van der Waals surface area contributed by atoms with Crippen molar-refractivity contribution in [3.8, 4) is 0 Å². The minimum absolute atomic E-state index is 0.317. The Morgan fingerprint density at radius 1 is 1.11 bits per heavy atom.